The maximum atomic E-state index is 9.14. The summed E-state index contributed by atoms with van der Waals surface area (Å²) in [6.45, 7) is 2.02. The van der Waals surface area contributed by atoms with E-state index in [1.807, 2.05) is 18.2 Å². The van der Waals surface area contributed by atoms with Gasteiger partial charge in [-0.1, -0.05) is 6.92 Å². The predicted octanol–water partition coefficient (Wildman–Crippen LogP) is 2.90. The van der Waals surface area contributed by atoms with Crippen molar-refractivity contribution in [3.05, 3.63) is 34.1 Å². The Hall–Kier alpha value is -1.33. The third-order valence-electron chi connectivity index (χ3n) is 2.82. The highest BCUT2D eigenvalue weighted by molar-refractivity contribution is 9.10. The topological polar surface area (TPSA) is 58.1 Å². The number of ether oxygens (including phenoxy) is 1. The van der Waals surface area contributed by atoms with Gasteiger partial charge in [0.1, 0.15) is 16.2 Å². The van der Waals surface area contributed by atoms with Gasteiger partial charge in [0.2, 0.25) is 0 Å². The molecule has 1 aromatic heterocycles. The molecule has 2 rings (SSSR count). The molecule has 0 saturated carbocycles. The molecule has 4 nitrogen and oxygen atoms in total. The van der Waals surface area contributed by atoms with Crippen LogP contribution < -0.4 is 4.74 Å². The summed E-state index contributed by atoms with van der Waals surface area (Å²) < 4.78 is 5.94. The van der Waals surface area contributed by atoms with Crippen LogP contribution in [0.1, 0.15) is 18.2 Å². The highest BCUT2D eigenvalue weighted by Gasteiger charge is 2.10. The summed E-state index contributed by atoms with van der Waals surface area (Å²) in [6.07, 6.45) is 0.895. The summed E-state index contributed by atoms with van der Waals surface area (Å²) in [7, 11) is 1.67. The van der Waals surface area contributed by atoms with Crippen molar-refractivity contribution in [1.82, 2.24) is 9.97 Å². The average molecular weight is 311 g/mol. The number of aromatic amines is 1. The number of rotatable bonds is 4. The van der Waals surface area contributed by atoms with Crippen molar-refractivity contribution in [2.24, 2.45) is 0 Å². The summed E-state index contributed by atoms with van der Waals surface area (Å²) in [4.78, 5) is 7.43. The Morgan fingerprint density at radius 1 is 1.44 bits per heavy atom. The van der Waals surface area contributed by atoms with Gasteiger partial charge in [0.15, 0.2) is 0 Å². The highest BCUT2D eigenvalue weighted by Crippen LogP contribution is 2.27. The van der Waals surface area contributed by atoms with E-state index in [1.165, 1.54) is 0 Å². The lowest BCUT2D eigenvalue weighted by Gasteiger charge is -2.07. The van der Waals surface area contributed by atoms with Crippen molar-refractivity contribution in [2.75, 3.05) is 7.11 Å². The van der Waals surface area contributed by atoms with Gasteiger partial charge in [0.05, 0.1) is 19.4 Å². The fourth-order valence-corrected chi connectivity index (χ4v) is 2.23. The molecule has 5 heteroatoms. The normalized spacial score (nSPS) is 10.7. The minimum absolute atomic E-state index is 0.0651. The van der Waals surface area contributed by atoms with Crippen molar-refractivity contribution in [3.63, 3.8) is 0 Å². The van der Waals surface area contributed by atoms with Crippen molar-refractivity contribution in [3.8, 4) is 17.1 Å². The number of methoxy groups -OCH3 is 1. The molecule has 0 radical (unpaired) electrons. The van der Waals surface area contributed by atoms with Crippen LogP contribution in [0.15, 0.2) is 22.8 Å². The molecule has 0 unspecified atom stereocenters. The third kappa shape index (κ3) is 2.42. The first-order chi connectivity index (χ1) is 8.69. The molecule has 0 saturated heterocycles. The van der Waals surface area contributed by atoms with Crippen molar-refractivity contribution >= 4 is 15.9 Å². The Kier molecular flexibility index (Phi) is 4.04. The zero-order valence-corrected chi connectivity index (χ0v) is 11.9. The number of nitrogens with one attached hydrogen (secondary N) is 1. The number of benzene rings is 1. The van der Waals surface area contributed by atoms with E-state index in [2.05, 4.69) is 32.8 Å². The quantitative estimate of drug-likeness (QED) is 0.913. The molecule has 0 amide bonds. The molecule has 1 aromatic carbocycles. The van der Waals surface area contributed by atoms with Crippen LogP contribution in [0.5, 0.6) is 5.75 Å². The molecule has 96 valence electrons. The van der Waals surface area contributed by atoms with Crippen molar-refractivity contribution < 1.29 is 9.84 Å². The van der Waals surface area contributed by atoms with Gasteiger partial charge in [-0.15, -0.1) is 0 Å². The van der Waals surface area contributed by atoms with Gasteiger partial charge >= 0.3 is 0 Å². The standard InChI is InChI=1S/C13H15BrN2O2/c1-3-8-6-9(4-5-11(8)18-2)13-15-10(7-17)12(14)16-13/h4-6,17H,3,7H2,1-2H3,(H,15,16). The number of aryl methyl sites for hydroxylation is 1. The number of aliphatic hydroxyl groups is 1. The fraction of sp³-hybridized carbons (Fsp3) is 0.308. The van der Waals surface area contributed by atoms with E-state index < -0.39 is 0 Å². The van der Waals surface area contributed by atoms with Gasteiger partial charge in [-0.3, -0.25) is 0 Å². The number of hydrogen-bond donors (Lipinski definition) is 2. The van der Waals surface area contributed by atoms with Gasteiger partial charge in [-0.2, -0.15) is 0 Å². The molecule has 0 aliphatic heterocycles. The van der Waals surface area contributed by atoms with Crippen molar-refractivity contribution in [1.29, 1.82) is 0 Å². The first-order valence-electron chi connectivity index (χ1n) is 5.72. The molecule has 0 fully saturated rings. The Morgan fingerprint density at radius 3 is 2.78 bits per heavy atom. The van der Waals surface area contributed by atoms with Crippen LogP contribution in [0.3, 0.4) is 0 Å². The maximum Gasteiger partial charge on any atom is 0.138 e. The summed E-state index contributed by atoms with van der Waals surface area (Å²) in [5, 5.41) is 9.14. The molecule has 0 atom stereocenters. The van der Waals surface area contributed by atoms with Crippen LogP contribution >= 0.6 is 15.9 Å². The molecule has 2 N–H and O–H groups in total. The molecule has 0 aliphatic carbocycles. The number of H-pyrrole nitrogens is 1. The van der Waals surface area contributed by atoms with Gasteiger partial charge in [-0.05, 0) is 46.1 Å². The van der Waals surface area contributed by atoms with Crippen molar-refractivity contribution in [2.45, 2.75) is 20.0 Å². The summed E-state index contributed by atoms with van der Waals surface area (Å²) in [6, 6.07) is 5.93. The largest absolute Gasteiger partial charge is 0.496 e. The lowest BCUT2D eigenvalue weighted by molar-refractivity contribution is 0.276. The van der Waals surface area contributed by atoms with Gasteiger partial charge < -0.3 is 14.8 Å². The summed E-state index contributed by atoms with van der Waals surface area (Å²) >= 11 is 3.31. The molecule has 2 aromatic rings. The third-order valence-corrected chi connectivity index (χ3v) is 3.48. The molecule has 0 aliphatic rings. The minimum Gasteiger partial charge on any atom is -0.496 e. The second-order valence-corrected chi connectivity index (χ2v) is 4.64. The summed E-state index contributed by atoms with van der Waals surface area (Å²) in [5.74, 6) is 1.62. The SMILES string of the molecule is CCc1cc(-c2nc(Br)c(CO)[nH]2)ccc1OC. The number of halogens is 1. The second kappa shape index (κ2) is 5.54. The van der Waals surface area contributed by atoms with Crippen LogP contribution in [-0.4, -0.2) is 22.2 Å². The Morgan fingerprint density at radius 2 is 2.22 bits per heavy atom. The number of aromatic nitrogens is 2. The maximum absolute atomic E-state index is 9.14. The van der Waals surface area contributed by atoms with E-state index in [9.17, 15) is 0 Å². The molecule has 18 heavy (non-hydrogen) atoms. The van der Waals surface area contributed by atoms with Crippen LogP contribution in [0, 0.1) is 0 Å². The molecular formula is C13H15BrN2O2. The number of nitrogens with zero attached hydrogens (tertiary/aromatic N) is 1. The van der Waals surface area contributed by atoms with E-state index >= 15 is 0 Å². The predicted molar refractivity (Wildman–Crippen MR) is 73.6 cm³/mol. The Balaban J connectivity index is 2.44. The van der Waals surface area contributed by atoms with Gasteiger partial charge in [-0.25, -0.2) is 4.98 Å². The fourth-order valence-electron chi connectivity index (χ4n) is 1.83. The number of imidazole rings is 1. The first-order valence-corrected chi connectivity index (χ1v) is 6.51. The van der Waals surface area contributed by atoms with Crippen LogP contribution in [-0.2, 0) is 13.0 Å². The van der Waals surface area contributed by atoms with Gasteiger partial charge in [0.25, 0.3) is 0 Å². The van der Waals surface area contributed by atoms with Crippen LogP contribution in [0.2, 0.25) is 0 Å². The monoisotopic (exact) mass is 310 g/mol. The smallest absolute Gasteiger partial charge is 0.138 e. The van der Waals surface area contributed by atoms with E-state index in [-0.39, 0.29) is 6.61 Å². The van der Waals surface area contributed by atoms with E-state index in [0.717, 1.165) is 29.1 Å². The molecule has 1 heterocycles. The van der Waals surface area contributed by atoms with Crippen LogP contribution in [0.25, 0.3) is 11.4 Å². The highest BCUT2D eigenvalue weighted by atomic mass is 79.9. The lowest BCUT2D eigenvalue weighted by atomic mass is 10.1. The average Bonchev–Trinajstić information content (AvgIpc) is 2.79. The minimum atomic E-state index is -0.0651. The van der Waals surface area contributed by atoms with E-state index in [0.29, 0.717) is 10.3 Å². The molecule has 0 bridgehead atoms. The first kappa shape index (κ1) is 13.1. The number of hydrogen-bond acceptors (Lipinski definition) is 3. The Bertz CT molecular complexity index is 552. The van der Waals surface area contributed by atoms with E-state index in [4.69, 9.17) is 9.84 Å². The zero-order valence-electron chi connectivity index (χ0n) is 10.3. The Labute approximate surface area is 114 Å². The van der Waals surface area contributed by atoms with Crippen LogP contribution in [0.4, 0.5) is 0 Å². The number of aliphatic hydroxyl groups excluding tert-OH is 1. The van der Waals surface area contributed by atoms with E-state index in [1.54, 1.807) is 7.11 Å². The molecular weight excluding hydrogens is 296 g/mol. The zero-order chi connectivity index (χ0) is 13.1. The lowest BCUT2D eigenvalue weighted by Crippen LogP contribution is -1.92. The molecule has 0 spiro atoms. The van der Waals surface area contributed by atoms with Gasteiger partial charge in [0, 0.05) is 5.56 Å². The second-order valence-electron chi connectivity index (χ2n) is 3.89. The summed E-state index contributed by atoms with van der Waals surface area (Å²) in [5.41, 5.74) is 2.79.